The lowest BCUT2D eigenvalue weighted by Gasteiger charge is -2.40. The van der Waals surface area contributed by atoms with E-state index in [0.29, 0.717) is 10.8 Å². The molecule has 0 N–H and O–H groups in total. The highest BCUT2D eigenvalue weighted by molar-refractivity contribution is 4.92. The first-order valence-corrected chi connectivity index (χ1v) is 8.89. The van der Waals surface area contributed by atoms with Crippen LogP contribution in [-0.4, -0.2) is 0 Å². The largest absolute Gasteiger partial charge is 0.0620 e. The van der Waals surface area contributed by atoms with Gasteiger partial charge < -0.3 is 0 Å². The highest BCUT2D eigenvalue weighted by atomic mass is 14.4. The molecule has 0 aliphatic heterocycles. The molecule has 0 bridgehead atoms. The summed E-state index contributed by atoms with van der Waals surface area (Å²) in [7, 11) is 0. The van der Waals surface area contributed by atoms with Crippen molar-refractivity contribution < 1.29 is 0 Å². The minimum Gasteiger partial charge on any atom is -0.0620 e. The molecule has 19 heavy (non-hydrogen) atoms. The summed E-state index contributed by atoms with van der Waals surface area (Å²) >= 11 is 0. The molecule has 0 heterocycles. The van der Waals surface area contributed by atoms with Gasteiger partial charge in [0, 0.05) is 0 Å². The van der Waals surface area contributed by atoms with Crippen molar-refractivity contribution in [2.75, 3.05) is 0 Å². The van der Waals surface area contributed by atoms with E-state index in [4.69, 9.17) is 0 Å². The molecule has 0 nitrogen and oxygen atoms in total. The van der Waals surface area contributed by atoms with Gasteiger partial charge in [0.1, 0.15) is 0 Å². The molecule has 0 aromatic rings. The van der Waals surface area contributed by atoms with Crippen molar-refractivity contribution in [3.63, 3.8) is 0 Å². The highest BCUT2D eigenvalue weighted by Gasteiger charge is 2.33. The van der Waals surface area contributed by atoms with Gasteiger partial charge in [-0.25, -0.2) is 0 Å². The van der Waals surface area contributed by atoms with E-state index in [1.807, 2.05) is 0 Å². The lowest BCUT2D eigenvalue weighted by molar-refractivity contribution is 0.121. The SMILES string of the molecule is CC(CC[CH]C1(C)CCCCC1)C1(C)CCCCC1. The van der Waals surface area contributed by atoms with Crippen molar-refractivity contribution in [3.05, 3.63) is 6.42 Å². The van der Waals surface area contributed by atoms with Crippen molar-refractivity contribution in [1.82, 2.24) is 0 Å². The molecule has 0 heteroatoms. The van der Waals surface area contributed by atoms with Gasteiger partial charge in [-0.1, -0.05) is 59.3 Å². The minimum atomic E-state index is 0.575. The standard InChI is InChI=1S/C19H35/c1-17(19(3)15-8-5-9-16-19)11-10-14-18(2)12-6-4-7-13-18/h14,17H,4-13,15-16H2,1-3H3. The number of hydrogen-bond donors (Lipinski definition) is 0. The molecule has 2 aliphatic rings. The van der Waals surface area contributed by atoms with Crippen molar-refractivity contribution >= 4 is 0 Å². The average molecular weight is 263 g/mol. The summed E-state index contributed by atoms with van der Waals surface area (Å²) in [5.41, 5.74) is 1.23. The van der Waals surface area contributed by atoms with Crippen LogP contribution in [0.1, 0.15) is 97.8 Å². The van der Waals surface area contributed by atoms with E-state index >= 15 is 0 Å². The van der Waals surface area contributed by atoms with E-state index < -0.39 is 0 Å². The van der Waals surface area contributed by atoms with Crippen LogP contribution in [0.2, 0.25) is 0 Å². The summed E-state index contributed by atoms with van der Waals surface area (Å²) in [4.78, 5) is 0. The molecule has 0 spiro atoms. The molecule has 0 amide bonds. The molecule has 1 unspecified atom stereocenters. The zero-order chi connectivity index (χ0) is 13.8. The molecule has 1 atom stereocenters. The van der Waals surface area contributed by atoms with Gasteiger partial charge in [-0.15, -0.1) is 0 Å². The zero-order valence-electron chi connectivity index (χ0n) is 13.6. The third-order valence-corrected chi connectivity index (χ3v) is 6.42. The maximum Gasteiger partial charge on any atom is -0.0295 e. The van der Waals surface area contributed by atoms with Crippen molar-refractivity contribution in [2.45, 2.75) is 97.8 Å². The van der Waals surface area contributed by atoms with Crippen molar-refractivity contribution in [2.24, 2.45) is 16.7 Å². The van der Waals surface area contributed by atoms with E-state index in [1.165, 1.54) is 77.0 Å². The summed E-state index contributed by atoms with van der Waals surface area (Å²) in [6.07, 6.45) is 20.1. The Bertz CT molecular complexity index is 253. The Morgan fingerprint density at radius 1 is 0.842 bits per heavy atom. The van der Waals surface area contributed by atoms with Crippen molar-refractivity contribution in [1.29, 1.82) is 0 Å². The Morgan fingerprint density at radius 2 is 1.37 bits per heavy atom. The van der Waals surface area contributed by atoms with E-state index in [2.05, 4.69) is 27.2 Å². The second-order valence-corrected chi connectivity index (χ2v) is 8.11. The number of hydrogen-bond acceptors (Lipinski definition) is 0. The minimum absolute atomic E-state index is 0.575. The van der Waals surface area contributed by atoms with Crippen LogP contribution < -0.4 is 0 Å². The fraction of sp³-hybridized carbons (Fsp3) is 0.947. The maximum absolute atomic E-state index is 2.69. The topological polar surface area (TPSA) is 0 Å². The van der Waals surface area contributed by atoms with Crippen LogP contribution in [0.5, 0.6) is 0 Å². The molecular weight excluding hydrogens is 228 g/mol. The number of rotatable bonds is 5. The van der Waals surface area contributed by atoms with Crippen LogP contribution in [0, 0.1) is 23.2 Å². The van der Waals surface area contributed by atoms with Gasteiger partial charge in [0.2, 0.25) is 0 Å². The quantitative estimate of drug-likeness (QED) is 0.527. The van der Waals surface area contributed by atoms with E-state index in [-0.39, 0.29) is 0 Å². The Kier molecular flexibility index (Phi) is 5.37. The van der Waals surface area contributed by atoms with Gasteiger partial charge >= 0.3 is 0 Å². The summed E-state index contributed by atoms with van der Waals surface area (Å²) < 4.78 is 0. The second-order valence-electron chi connectivity index (χ2n) is 8.11. The normalized spacial score (nSPS) is 27.9. The fourth-order valence-corrected chi connectivity index (χ4v) is 4.45. The van der Waals surface area contributed by atoms with Crippen LogP contribution in [0.25, 0.3) is 0 Å². The van der Waals surface area contributed by atoms with Gasteiger partial charge in [-0.2, -0.15) is 0 Å². The molecule has 1 radical (unpaired) electrons. The molecule has 0 aromatic carbocycles. The predicted molar refractivity (Wildman–Crippen MR) is 85.1 cm³/mol. The third kappa shape index (κ3) is 4.23. The van der Waals surface area contributed by atoms with E-state index in [0.717, 1.165) is 5.92 Å². The smallest absolute Gasteiger partial charge is 0.0295 e. The molecule has 0 saturated heterocycles. The Balaban J connectivity index is 1.72. The lowest BCUT2D eigenvalue weighted by atomic mass is 9.65. The van der Waals surface area contributed by atoms with Crippen LogP contribution in [0.3, 0.4) is 0 Å². The van der Waals surface area contributed by atoms with Gasteiger partial charge in [-0.05, 0) is 61.7 Å². The molecule has 2 saturated carbocycles. The molecular formula is C19H35. The van der Waals surface area contributed by atoms with Gasteiger partial charge in [0.05, 0.1) is 0 Å². The van der Waals surface area contributed by atoms with Crippen LogP contribution in [0.4, 0.5) is 0 Å². The van der Waals surface area contributed by atoms with Crippen LogP contribution >= 0.6 is 0 Å². The zero-order valence-corrected chi connectivity index (χ0v) is 13.6. The monoisotopic (exact) mass is 263 g/mol. The predicted octanol–water partition coefficient (Wildman–Crippen LogP) is 6.55. The van der Waals surface area contributed by atoms with Crippen LogP contribution in [-0.2, 0) is 0 Å². The van der Waals surface area contributed by atoms with Gasteiger partial charge in [0.15, 0.2) is 0 Å². The third-order valence-electron chi connectivity index (χ3n) is 6.42. The molecule has 0 aromatic heterocycles. The Morgan fingerprint density at radius 3 is 1.95 bits per heavy atom. The molecule has 111 valence electrons. The van der Waals surface area contributed by atoms with Crippen molar-refractivity contribution in [3.8, 4) is 0 Å². The molecule has 2 rings (SSSR count). The highest BCUT2D eigenvalue weighted by Crippen LogP contribution is 2.45. The first kappa shape index (κ1) is 15.4. The lowest BCUT2D eigenvalue weighted by Crippen LogP contribution is -2.28. The van der Waals surface area contributed by atoms with Gasteiger partial charge in [0.25, 0.3) is 0 Å². The first-order valence-electron chi connectivity index (χ1n) is 8.89. The molecule has 2 fully saturated rings. The summed E-state index contributed by atoms with van der Waals surface area (Å²) in [6.45, 7) is 7.57. The fourth-order valence-electron chi connectivity index (χ4n) is 4.45. The first-order chi connectivity index (χ1) is 9.04. The summed E-state index contributed by atoms with van der Waals surface area (Å²) in [5, 5.41) is 0. The Labute approximate surface area is 121 Å². The summed E-state index contributed by atoms with van der Waals surface area (Å²) in [5.74, 6) is 0.913. The van der Waals surface area contributed by atoms with Crippen LogP contribution in [0.15, 0.2) is 0 Å². The second kappa shape index (κ2) is 6.64. The van der Waals surface area contributed by atoms with E-state index in [9.17, 15) is 0 Å². The maximum atomic E-state index is 2.69. The van der Waals surface area contributed by atoms with E-state index in [1.54, 1.807) is 0 Å². The molecule has 2 aliphatic carbocycles. The van der Waals surface area contributed by atoms with Gasteiger partial charge in [-0.3, -0.25) is 0 Å². The Hall–Kier alpha value is 0. The average Bonchev–Trinajstić information content (AvgIpc) is 2.40. The summed E-state index contributed by atoms with van der Waals surface area (Å²) in [6, 6.07) is 0.